The molecule has 0 bridgehead atoms. The van der Waals surface area contributed by atoms with E-state index in [-0.39, 0.29) is 0 Å². The van der Waals surface area contributed by atoms with Crippen molar-refractivity contribution in [1.82, 2.24) is 9.55 Å². The van der Waals surface area contributed by atoms with E-state index in [2.05, 4.69) is 37.0 Å². The van der Waals surface area contributed by atoms with Gasteiger partial charge >= 0.3 is 0 Å². The molecule has 0 saturated heterocycles. The van der Waals surface area contributed by atoms with Crippen molar-refractivity contribution in [3.8, 4) is 0 Å². The fourth-order valence-electron chi connectivity index (χ4n) is 1.57. The second-order valence-electron chi connectivity index (χ2n) is 3.83. The summed E-state index contributed by atoms with van der Waals surface area (Å²) in [6.07, 6.45) is 3.61. The van der Waals surface area contributed by atoms with Crippen LogP contribution in [0.5, 0.6) is 0 Å². The molecule has 0 atom stereocenters. The highest BCUT2D eigenvalue weighted by molar-refractivity contribution is 5.31. The number of hydrogen-bond donors (Lipinski definition) is 1. The van der Waals surface area contributed by atoms with Crippen LogP contribution in [0.1, 0.15) is 16.7 Å². The van der Waals surface area contributed by atoms with Gasteiger partial charge in [0.05, 0.1) is 6.54 Å². The minimum Gasteiger partial charge on any atom is -0.369 e. The summed E-state index contributed by atoms with van der Waals surface area (Å²) in [6.45, 7) is 5.02. The summed E-state index contributed by atoms with van der Waals surface area (Å²) in [6, 6.07) is 6.45. The van der Waals surface area contributed by atoms with Crippen LogP contribution in [0.25, 0.3) is 0 Å². The van der Waals surface area contributed by atoms with E-state index in [1.807, 2.05) is 10.8 Å². The smallest absolute Gasteiger partial charge is 0.200 e. The van der Waals surface area contributed by atoms with Gasteiger partial charge in [-0.05, 0) is 30.5 Å². The van der Waals surface area contributed by atoms with Crippen LogP contribution in [0, 0.1) is 13.8 Å². The summed E-state index contributed by atoms with van der Waals surface area (Å²) in [5, 5.41) is 0. The standard InChI is InChI=1S/C12H15N3/c1-9-3-4-11(7-10(9)2)8-15-6-5-14-12(15)13/h3-7H,8H2,1-2H3,(H2,13,14). The molecule has 78 valence electrons. The fourth-order valence-corrected chi connectivity index (χ4v) is 1.57. The Kier molecular flexibility index (Phi) is 2.46. The van der Waals surface area contributed by atoms with Crippen LogP contribution in [0.3, 0.4) is 0 Å². The number of nitrogens with two attached hydrogens (primary N) is 1. The summed E-state index contributed by atoms with van der Waals surface area (Å²) < 4.78 is 1.93. The molecule has 0 spiro atoms. The van der Waals surface area contributed by atoms with Gasteiger partial charge in [-0.2, -0.15) is 0 Å². The topological polar surface area (TPSA) is 43.8 Å². The number of hydrogen-bond acceptors (Lipinski definition) is 2. The normalized spacial score (nSPS) is 10.5. The minimum atomic E-state index is 0.563. The van der Waals surface area contributed by atoms with E-state index in [1.54, 1.807) is 6.20 Å². The Morgan fingerprint density at radius 2 is 2.07 bits per heavy atom. The molecule has 1 aromatic heterocycles. The molecule has 3 nitrogen and oxygen atoms in total. The van der Waals surface area contributed by atoms with Crippen molar-refractivity contribution in [2.24, 2.45) is 0 Å². The first-order valence-corrected chi connectivity index (χ1v) is 4.99. The van der Waals surface area contributed by atoms with E-state index >= 15 is 0 Å². The predicted molar refractivity (Wildman–Crippen MR) is 61.7 cm³/mol. The Bertz CT molecular complexity index is 471. The largest absolute Gasteiger partial charge is 0.369 e. The lowest BCUT2D eigenvalue weighted by Crippen LogP contribution is -2.03. The highest BCUT2D eigenvalue weighted by Crippen LogP contribution is 2.12. The zero-order valence-electron chi connectivity index (χ0n) is 9.07. The second kappa shape index (κ2) is 3.77. The lowest BCUT2D eigenvalue weighted by atomic mass is 10.1. The van der Waals surface area contributed by atoms with E-state index < -0.39 is 0 Å². The summed E-state index contributed by atoms with van der Waals surface area (Å²) >= 11 is 0. The Labute approximate surface area is 89.6 Å². The number of anilines is 1. The number of nitrogen functional groups attached to an aromatic ring is 1. The molecule has 1 aromatic carbocycles. The third-order valence-corrected chi connectivity index (χ3v) is 2.67. The predicted octanol–water partition coefficient (Wildman–Crippen LogP) is 2.13. The van der Waals surface area contributed by atoms with Gasteiger partial charge in [0.1, 0.15) is 0 Å². The van der Waals surface area contributed by atoms with Gasteiger partial charge in [0.25, 0.3) is 0 Å². The Morgan fingerprint density at radius 1 is 1.27 bits per heavy atom. The van der Waals surface area contributed by atoms with Gasteiger partial charge < -0.3 is 10.3 Å². The van der Waals surface area contributed by atoms with Crippen LogP contribution in [0.15, 0.2) is 30.6 Å². The molecule has 0 amide bonds. The number of aryl methyl sites for hydroxylation is 2. The Morgan fingerprint density at radius 3 is 2.67 bits per heavy atom. The van der Waals surface area contributed by atoms with Gasteiger partial charge in [-0.25, -0.2) is 4.98 Å². The molecular formula is C12H15N3. The number of imidazole rings is 1. The summed E-state index contributed by atoms with van der Waals surface area (Å²) in [5.41, 5.74) is 9.59. The quantitative estimate of drug-likeness (QED) is 0.808. The molecular weight excluding hydrogens is 186 g/mol. The number of rotatable bonds is 2. The van der Waals surface area contributed by atoms with E-state index in [4.69, 9.17) is 5.73 Å². The maximum Gasteiger partial charge on any atom is 0.200 e. The zero-order chi connectivity index (χ0) is 10.8. The molecule has 0 fully saturated rings. The van der Waals surface area contributed by atoms with Crippen molar-refractivity contribution in [2.45, 2.75) is 20.4 Å². The van der Waals surface area contributed by atoms with E-state index in [0.717, 1.165) is 6.54 Å². The third kappa shape index (κ3) is 2.01. The summed E-state index contributed by atoms with van der Waals surface area (Å²) in [7, 11) is 0. The molecule has 3 heteroatoms. The van der Waals surface area contributed by atoms with Crippen molar-refractivity contribution in [1.29, 1.82) is 0 Å². The molecule has 0 saturated carbocycles. The Hall–Kier alpha value is -1.77. The molecule has 2 rings (SSSR count). The molecule has 2 aromatic rings. The lowest BCUT2D eigenvalue weighted by Gasteiger charge is -2.07. The monoisotopic (exact) mass is 201 g/mol. The van der Waals surface area contributed by atoms with Crippen LogP contribution in [0.2, 0.25) is 0 Å². The first-order valence-electron chi connectivity index (χ1n) is 4.99. The van der Waals surface area contributed by atoms with Crippen LogP contribution in [0.4, 0.5) is 5.95 Å². The second-order valence-corrected chi connectivity index (χ2v) is 3.83. The molecule has 1 heterocycles. The first-order chi connectivity index (χ1) is 7.16. The lowest BCUT2D eigenvalue weighted by molar-refractivity contribution is 0.809. The van der Waals surface area contributed by atoms with Gasteiger partial charge in [0.15, 0.2) is 5.95 Å². The van der Waals surface area contributed by atoms with E-state index in [0.29, 0.717) is 5.95 Å². The maximum absolute atomic E-state index is 5.71. The number of benzene rings is 1. The van der Waals surface area contributed by atoms with Crippen molar-refractivity contribution >= 4 is 5.95 Å². The molecule has 0 aliphatic rings. The molecule has 0 aliphatic heterocycles. The molecule has 15 heavy (non-hydrogen) atoms. The van der Waals surface area contributed by atoms with E-state index in [1.165, 1.54) is 16.7 Å². The number of nitrogens with zero attached hydrogens (tertiary/aromatic N) is 2. The van der Waals surface area contributed by atoms with Gasteiger partial charge in [0, 0.05) is 12.4 Å². The van der Waals surface area contributed by atoms with Crippen molar-refractivity contribution in [3.05, 3.63) is 47.3 Å². The summed E-state index contributed by atoms with van der Waals surface area (Å²) in [4.78, 5) is 3.99. The van der Waals surface area contributed by atoms with Crippen LogP contribution >= 0.6 is 0 Å². The van der Waals surface area contributed by atoms with Crippen molar-refractivity contribution < 1.29 is 0 Å². The average molecular weight is 201 g/mol. The molecule has 2 N–H and O–H groups in total. The highest BCUT2D eigenvalue weighted by Gasteiger charge is 2.00. The van der Waals surface area contributed by atoms with Crippen molar-refractivity contribution in [2.75, 3.05) is 5.73 Å². The first kappa shape index (κ1) is 9.77. The average Bonchev–Trinajstić information content (AvgIpc) is 2.59. The molecule has 0 aliphatic carbocycles. The number of aromatic nitrogens is 2. The van der Waals surface area contributed by atoms with Crippen LogP contribution in [-0.2, 0) is 6.54 Å². The van der Waals surface area contributed by atoms with Gasteiger partial charge in [-0.15, -0.1) is 0 Å². The van der Waals surface area contributed by atoms with E-state index in [9.17, 15) is 0 Å². The maximum atomic E-state index is 5.71. The van der Waals surface area contributed by atoms with Crippen LogP contribution < -0.4 is 5.73 Å². The molecule has 0 unspecified atom stereocenters. The zero-order valence-corrected chi connectivity index (χ0v) is 9.07. The van der Waals surface area contributed by atoms with Crippen LogP contribution in [-0.4, -0.2) is 9.55 Å². The molecule has 0 radical (unpaired) electrons. The third-order valence-electron chi connectivity index (χ3n) is 2.67. The van der Waals surface area contributed by atoms with Gasteiger partial charge in [-0.3, -0.25) is 0 Å². The van der Waals surface area contributed by atoms with Gasteiger partial charge in [-0.1, -0.05) is 18.2 Å². The summed E-state index contributed by atoms with van der Waals surface area (Å²) in [5.74, 6) is 0.563. The SMILES string of the molecule is Cc1ccc(Cn2ccnc2N)cc1C. The van der Waals surface area contributed by atoms with Gasteiger partial charge in [0.2, 0.25) is 0 Å². The van der Waals surface area contributed by atoms with Crippen molar-refractivity contribution in [3.63, 3.8) is 0 Å². The Balaban J connectivity index is 2.25. The fraction of sp³-hybridized carbons (Fsp3) is 0.250. The minimum absolute atomic E-state index is 0.563. The highest BCUT2D eigenvalue weighted by atomic mass is 15.1.